The lowest BCUT2D eigenvalue weighted by molar-refractivity contribution is 0.0824. The predicted octanol–water partition coefficient (Wildman–Crippen LogP) is 3.20. The molecule has 1 aromatic heterocycles. The molecule has 3 rings (SSSR count). The van der Waals surface area contributed by atoms with E-state index in [0.29, 0.717) is 5.75 Å². The summed E-state index contributed by atoms with van der Waals surface area (Å²) in [6, 6.07) is 8.45. The molecule has 0 atom stereocenters. The fourth-order valence-corrected chi connectivity index (χ4v) is 4.22. The van der Waals surface area contributed by atoms with E-state index in [4.69, 9.17) is 4.74 Å². The first-order valence-corrected chi connectivity index (χ1v) is 11.1. The summed E-state index contributed by atoms with van der Waals surface area (Å²) < 4.78 is 63.5. The third kappa shape index (κ3) is 5.95. The topological polar surface area (TPSA) is 110 Å². The zero-order valence-electron chi connectivity index (χ0n) is 16.4. The van der Waals surface area contributed by atoms with Gasteiger partial charge < -0.3 is 10.1 Å². The Kier molecular flexibility index (Phi) is 6.51. The smallest absolute Gasteiger partial charge is 0.266 e. The Bertz CT molecular complexity index is 1170. The second-order valence-electron chi connectivity index (χ2n) is 7.00. The molecule has 12 heteroatoms. The molecule has 8 nitrogen and oxygen atoms in total. The summed E-state index contributed by atoms with van der Waals surface area (Å²) in [5.74, 6) is -1.68. The van der Waals surface area contributed by atoms with Crippen LogP contribution in [-0.4, -0.2) is 35.8 Å². The SMILES string of the molecule is CC(C)(CNC(=O)c1ccc(S(=O)(=O)Nc2ncns2)c(F)c1)Oc1ccc(F)cc1. The molecule has 0 saturated heterocycles. The molecule has 2 N–H and O–H groups in total. The van der Waals surface area contributed by atoms with Crippen LogP contribution in [0.2, 0.25) is 0 Å². The minimum absolute atomic E-state index is 0.00962. The highest BCUT2D eigenvalue weighted by Crippen LogP contribution is 2.21. The molecule has 0 saturated carbocycles. The van der Waals surface area contributed by atoms with Crippen molar-refractivity contribution in [2.24, 2.45) is 0 Å². The molecule has 0 spiro atoms. The van der Waals surface area contributed by atoms with Gasteiger partial charge in [0.15, 0.2) is 0 Å². The molecule has 3 aromatic rings. The standard InChI is InChI=1S/C19H18F2N4O4S2/c1-19(2,29-14-6-4-13(20)5-7-14)10-22-17(26)12-3-8-16(15(21)9-12)31(27,28)25-18-23-11-24-30-18/h3-9,11H,10H2,1-2H3,(H,22,26)(H,23,24,25). The number of sulfonamides is 1. The van der Waals surface area contributed by atoms with E-state index in [1.165, 1.54) is 30.3 Å². The molecule has 2 aromatic carbocycles. The van der Waals surface area contributed by atoms with E-state index in [1.54, 1.807) is 13.8 Å². The number of halogens is 2. The number of aromatic nitrogens is 2. The fraction of sp³-hybridized carbons (Fsp3) is 0.211. The van der Waals surface area contributed by atoms with Gasteiger partial charge in [-0.05, 0) is 56.3 Å². The van der Waals surface area contributed by atoms with Crippen molar-refractivity contribution in [2.75, 3.05) is 11.3 Å². The Morgan fingerprint density at radius 2 is 1.87 bits per heavy atom. The van der Waals surface area contributed by atoms with Crippen LogP contribution in [0.5, 0.6) is 5.75 Å². The molecule has 0 radical (unpaired) electrons. The van der Waals surface area contributed by atoms with Crippen molar-refractivity contribution < 1.29 is 26.7 Å². The van der Waals surface area contributed by atoms with Gasteiger partial charge in [-0.25, -0.2) is 22.2 Å². The lowest BCUT2D eigenvalue weighted by Crippen LogP contribution is -2.42. The van der Waals surface area contributed by atoms with Gasteiger partial charge >= 0.3 is 0 Å². The maximum absolute atomic E-state index is 14.4. The number of amides is 1. The molecule has 0 aliphatic rings. The van der Waals surface area contributed by atoms with Gasteiger partial charge in [0.2, 0.25) is 5.13 Å². The van der Waals surface area contributed by atoms with Crippen molar-refractivity contribution in [2.45, 2.75) is 24.3 Å². The third-order valence-corrected chi connectivity index (χ3v) is 6.03. The number of anilines is 1. The van der Waals surface area contributed by atoms with Gasteiger partial charge in [-0.1, -0.05) is 0 Å². The summed E-state index contributed by atoms with van der Waals surface area (Å²) >= 11 is 0.800. The molecule has 31 heavy (non-hydrogen) atoms. The van der Waals surface area contributed by atoms with Gasteiger partial charge in [0.1, 0.15) is 34.2 Å². The number of benzene rings is 2. The largest absolute Gasteiger partial charge is 0.486 e. The van der Waals surface area contributed by atoms with Gasteiger partial charge in [-0.15, -0.1) is 0 Å². The maximum atomic E-state index is 14.4. The Balaban J connectivity index is 1.65. The van der Waals surface area contributed by atoms with Crippen molar-refractivity contribution >= 4 is 32.6 Å². The molecule has 1 amide bonds. The van der Waals surface area contributed by atoms with Gasteiger partial charge in [0.05, 0.1) is 6.54 Å². The van der Waals surface area contributed by atoms with Crippen LogP contribution in [-0.2, 0) is 10.0 Å². The lowest BCUT2D eigenvalue weighted by Gasteiger charge is -2.26. The number of nitrogens with zero attached hydrogens (tertiary/aromatic N) is 2. The zero-order valence-corrected chi connectivity index (χ0v) is 18.1. The molecule has 0 fully saturated rings. The molecule has 164 valence electrons. The summed E-state index contributed by atoms with van der Waals surface area (Å²) in [6.07, 6.45) is 1.16. The van der Waals surface area contributed by atoms with Crippen molar-refractivity contribution in [1.82, 2.24) is 14.7 Å². The molecule has 0 bridgehead atoms. The van der Waals surface area contributed by atoms with Crippen LogP contribution in [0.4, 0.5) is 13.9 Å². The second kappa shape index (κ2) is 8.94. The van der Waals surface area contributed by atoms with E-state index in [9.17, 15) is 22.0 Å². The van der Waals surface area contributed by atoms with E-state index in [2.05, 4.69) is 19.4 Å². The van der Waals surface area contributed by atoms with Crippen molar-refractivity contribution in [3.05, 3.63) is 66.0 Å². The van der Waals surface area contributed by atoms with Crippen LogP contribution in [0.25, 0.3) is 0 Å². The first-order valence-electron chi connectivity index (χ1n) is 8.88. The van der Waals surface area contributed by atoms with Crippen molar-refractivity contribution in [1.29, 1.82) is 0 Å². The highest BCUT2D eigenvalue weighted by Gasteiger charge is 2.24. The average Bonchev–Trinajstić information content (AvgIpc) is 3.20. The van der Waals surface area contributed by atoms with Crippen LogP contribution < -0.4 is 14.8 Å². The Hall–Kier alpha value is -3.12. The number of hydrogen-bond acceptors (Lipinski definition) is 7. The Labute approximate surface area is 181 Å². The third-order valence-electron chi connectivity index (χ3n) is 3.95. The predicted molar refractivity (Wildman–Crippen MR) is 111 cm³/mol. The van der Waals surface area contributed by atoms with Gasteiger partial charge in [0, 0.05) is 17.1 Å². The number of hydrogen-bond donors (Lipinski definition) is 2. The number of nitrogens with one attached hydrogen (secondary N) is 2. The van der Waals surface area contributed by atoms with Crippen LogP contribution in [0.3, 0.4) is 0 Å². The minimum Gasteiger partial charge on any atom is -0.486 e. The number of ether oxygens (including phenoxy) is 1. The highest BCUT2D eigenvalue weighted by atomic mass is 32.2. The van der Waals surface area contributed by atoms with Crippen molar-refractivity contribution in [3.8, 4) is 5.75 Å². The second-order valence-corrected chi connectivity index (χ2v) is 9.43. The summed E-state index contributed by atoms with van der Waals surface area (Å²) in [4.78, 5) is 15.5. The summed E-state index contributed by atoms with van der Waals surface area (Å²) in [6.45, 7) is 3.49. The van der Waals surface area contributed by atoms with Gasteiger partial charge in [-0.3, -0.25) is 9.52 Å². The fourth-order valence-electron chi connectivity index (χ4n) is 2.50. The maximum Gasteiger partial charge on any atom is 0.266 e. The number of carbonyl (C=O) groups excluding carboxylic acids is 1. The number of rotatable bonds is 8. The molecule has 1 heterocycles. The zero-order chi connectivity index (χ0) is 22.6. The molecule has 0 aliphatic carbocycles. The van der Waals surface area contributed by atoms with E-state index >= 15 is 0 Å². The molecule has 0 aliphatic heterocycles. The van der Waals surface area contributed by atoms with E-state index in [1.807, 2.05) is 0 Å². The lowest BCUT2D eigenvalue weighted by atomic mass is 10.1. The monoisotopic (exact) mass is 468 g/mol. The minimum atomic E-state index is -4.23. The number of carbonyl (C=O) groups is 1. The van der Waals surface area contributed by atoms with Crippen LogP contribution in [0.15, 0.2) is 53.7 Å². The summed E-state index contributed by atoms with van der Waals surface area (Å²) in [5.41, 5.74) is -0.911. The quantitative estimate of drug-likeness (QED) is 0.525. The van der Waals surface area contributed by atoms with E-state index in [0.717, 1.165) is 30.0 Å². The summed E-state index contributed by atoms with van der Waals surface area (Å²) in [7, 11) is -4.23. The normalized spacial score (nSPS) is 11.7. The van der Waals surface area contributed by atoms with Crippen LogP contribution in [0, 0.1) is 11.6 Å². The highest BCUT2D eigenvalue weighted by molar-refractivity contribution is 7.93. The first kappa shape index (κ1) is 22.6. The van der Waals surface area contributed by atoms with Crippen LogP contribution >= 0.6 is 11.5 Å². The molecular weight excluding hydrogens is 450 g/mol. The average molecular weight is 469 g/mol. The Morgan fingerprint density at radius 3 is 2.48 bits per heavy atom. The van der Waals surface area contributed by atoms with E-state index in [-0.39, 0.29) is 17.2 Å². The molecule has 0 unspecified atom stereocenters. The van der Waals surface area contributed by atoms with Gasteiger partial charge in [0.25, 0.3) is 15.9 Å². The Morgan fingerprint density at radius 1 is 1.16 bits per heavy atom. The summed E-state index contributed by atoms with van der Waals surface area (Å²) in [5, 5.41) is 2.60. The van der Waals surface area contributed by atoms with Gasteiger partial charge in [-0.2, -0.15) is 4.37 Å². The van der Waals surface area contributed by atoms with Crippen molar-refractivity contribution in [3.63, 3.8) is 0 Å². The first-order chi connectivity index (χ1) is 14.6. The van der Waals surface area contributed by atoms with Crippen LogP contribution in [0.1, 0.15) is 24.2 Å². The molecular formula is C19H18F2N4O4S2. The van der Waals surface area contributed by atoms with E-state index < -0.39 is 38.1 Å².